The first-order valence-electron chi connectivity index (χ1n) is 4.43. The Morgan fingerprint density at radius 2 is 1.92 bits per heavy atom. The van der Waals surface area contributed by atoms with Gasteiger partial charge < -0.3 is 5.32 Å². The summed E-state index contributed by atoms with van der Waals surface area (Å²) in [5.74, 6) is 0.797. The van der Waals surface area contributed by atoms with E-state index in [4.69, 9.17) is 0 Å². The first kappa shape index (κ1) is 12.1. The number of rotatable bonds is 4. The Morgan fingerprint density at radius 3 is 2.25 bits per heavy atom. The lowest BCUT2D eigenvalue weighted by atomic mass is 10.2. The van der Waals surface area contributed by atoms with Crippen LogP contribution in [0.3, 0.4) is 0 Å². The maximum absolute atomic E-state index is 11.6. The van der Waals surface area contributed by atoms with E-state index in [1.807, 2.05) is 27.8 Å². The Morgan fingerprint density at radius 1 is 1.42 bits per heavy atom. The maximum Gasteiger partial charge on any atom is 0.0375 e. The third-order valence-electron chi connectivity index (χ3n) is 1.91. The molecule has 0 radical (unpaired) electrons. The van der Waals surface area contributed by atoms with E-state index in [2.05, 4.69) is 12.2 Å². The number of hydrogen-bond acceptors (Lipinski definition) is 2. The molecule has 0 saturated heterocycles. The van der Waals surface area contributed by atoms with Gasteiger partial charge in [0.15, 0.2) is 0 Å². The molecule has 1 N–H and O–H groups in total. The molecule has 0 bridgehead atoms. The molecule has 2 atom stereocenters. The van der Waals surface area contributed by atoms with Gasteiger partial charge in [0, 0.05) is 27.3 Å². The molecule has 0 amide bonds. The first-order chi connectivity index (χ1) is 5.38. The van der Waals surface area contributed by atoms with E-state index in [-0.39, 0.29) is 4.75 Å². The van der Waals surface area contributed by atoms with Crippen LogP contribution in [0, 0.1) is 0 Å². The van der Waals surface area contributed by atoms with Crippen molar-refractivity contribution in [2.24, 2.45) is 0 Å². The van der Waals surface area contributed by atoms with Crippen LogP contribution in [0.5, 0.6) is 0 Å². The summed E-state index contributed by atoms with van der Waals surface area (Å²) in [6, 6.07) is 0.469. The third-order valence-corrected chi connectivity index (χ3v) is 3.88. The van der Waals surface area contributed by atoms with Crippen molar-refractivity contribution in [3.05, 3.63) is 0 Å². The van der Waals surface area contributed by atoms with Gasteiger partial charge in [0.2, 0.25) is 0 Å². The molecule has 2 nitrogen and oxygen atoms in total. The van der Waals surface area contributed by atoms with Crippen molar-refractivity contribution in [2.75, 3.05) is 12.8 Å². The van der Waals surface area contributed by atoms with Crippen LogP contribution in [-0.2, 0) is 10.8 Å². The molecule has 0 fully saturated rings. The minimum absolute atomic E-state index is 0.0620. The lowest BCUT2D eigenvalue weighted by Crippen LogP contribution is -2.28. The molecule has 0 rings (SSSR count). The molecule has 12 heavy (non-hydrogen) atoms. The Kier molecular flexibility index (Phi) is 5.02. The zero-order chi connectivity index (χ0) is 9.78. The van der Waals surface area contributed by atoms with Crippen molar-refractivity contribution in [3.8, 4) is 0 Å². The zero-order valence-electron chi connectivity index (χ0n) is 8.81. The smallest absolute Gasteiger partial charge is 0.0375 e. The highest BCUT2D eigenvalue weighted by Gasteiger charge is 2.19. The monoisotopic (exact) mass is 191 g/mol. The van der Waals surface area contributed by atoms with Gasteiger partial charge in [0.25, 0.3) is 0 Å². The van der Waals surface area contributed by atoms with Crippen LogP contribution in [0.25, 0.3) is 0 Å². The van der Waals surface area contributed by atoms with Crippen LogP contribution >= 0.6 is 0 Å². The van der Waals surface area contributed by atoms with E-state index in [0.29, 0.717) is 6.04 Å². The molecule has 0 aromatic rings. The molecule has 0 aliphatic heterocycles. The summed E-state index contributed by atoms with van der Waals surface area (Å²) in [6.07, 6.45) is 0.986. The van der Waals surface area contributed by atoms with E-state index in [1.165, 1.54) is 0 Å². The summed E-state index contributed by atoms with van der Waals surface area (Å²) in [4.78, 5) is 0. The van der Waals surface area contributed by atoms with Gasteiger partial charge in [-0.25, -0.2) is 0 Å². The van der Waals surface area contributed by atoms with Gasteiger partial charge in [-0.05, 0) is 41.2 Å². The summed E-state index contributed by atoms with van der Waals surface area (Å²) in [6.45, 7) is 8.17. The molecule has 74 valence electrons. The van der Waals surface area contributed by atoms with E-state index < -0.39 is 10.8 Å². The Bertz CT molecular complexity index is 151. The quantitative estimate of drug-likeness (QED) is 0.730. The Labute approximate surface area is 78.6 Å². The molecule has 0 heterocycles. The van der Waals surface area contributed by atoms with Crippen molar-refractivity contribution < 1.29 is 4.21 Å². The van der Waals surface area contributed by atoms with Gasteiger partial charge in [0.1, 0.15) is 0 Å². The van der Waals surface area contributed by atoms with E-state index in [0.717, 1.165) is 12.2 Å². The van der Waals surface area contributed by atoms with Gasteiger partial charge >= 0.3 is 0 Å². The Hall–Kier alpha value is 0.110. The molecule has 0 aromatic carbocycles. The largest absolute Gasteiger partial charge is 0.317 e. The van der Waals surface area contributed by atoms with Gasteiger partial charge in [0.05, 0.1) is 0 Å². The van der Waals surface area contributed by atoms with Gasteiger partial charge in [-0.3, -0.25) is 4.21 Å². The molecular weight excluding hydrogens is 170 g/mol. The third kappa shape index (κ3) is 4.88. The van der Waals surface area contributed by atoms with Gasteiger partial charge in [-0.1, -0.05) is 0 Å². The van der Waals surface area contributed by atoms with Crippen LogP contribution in [-0.4, -0.2) is 27.8 Å². The Balaban J connectivity index is 3.73. The van der Waals surface area contributed by atoms with Crippen molar-refractivity contribution in [1.29, 1.82) is 0 Å². The van der Waals surface area contributed by atoms with Crippen molar-refractivity contribution >= 4 is 10.8 Å². The SMILES string of the molecule is CNC(C)CCS(=O)C(C)(C)C. The summed E-state index contributed by atoms with van der Waals surface area (Å²) in [7, 11) is 1.24. The van der Waals surface area contributed by atoms with Crippen LogP contribution in [0.4, 0.5) is 0 Å². The van der Waals surface area contributed by atoms with E-state index >= 15 is 0 Å². The minimum atomic E-state index is -0.700. The fourth-order valence-electron chi connectivity index (χ4n) is 0.734. The van der Waals surface area contributed by atoms with Gasteiger partial charge in [-0.2, -0.15) is 0 Å². The highest BCUT2D eigenvalue weighted by atomic mass is 32.2. The molecule has 0 saturated carbocycles. The maximum atomic E-state index is 11.6. The second kappa shape index (κ2) is 4.97. The highest BCUT2D eigenvalue weighted by molar-refractivity contribution is 7.86. The molecule has 3 heteroatoms. The molecule has 0 aliphatic carbocycles. The van der Waals surface area contributed by atoms with Crippen molar-refractivity contribution in [1.82, 2.24) is 5.32 Å². The number of nitrogens with one attached hydrogen (secondary N) is 1. The predicted octanol–water partition coefficient (Wildman–Crippen LogP) is 1.53. The summed E-state index contributed by atoms with van der Waals surface area (Å²) >= 11 is 0. The topological polar surface area (TPSA) is 29.1 Å². The zero-order valence-corrected chi connectivity index (χ0v) is 9.62. The van der Waals surface area contributed by atoms with E-state index in [9.17, 15) is 4.21 Å². The second-order valence-corrected chi connectivity index (χ2v) is 6.46. The van der Waals surface area contributed by atoms with Crippen LogP contribution in [0.2, 0.25) is 0 Å². The van der Waals surface area contributed by atoms with Crippen LogP contribution < -0.4 is 5.32 Å². The summed E-state index contributed by atoms with van der Waals surface area (Å²) in [5.41, 5.74) is 0. The lowest BCUT2D eigenvalue weighted by Gasteiger charge is -2.19. The fourth-order valence-corrected chi connectivity index (χ4v) is 1.91. The predicted molar refractivity (Wildman–Crippen MR) is 55.9 cm³/mol. The standard InChI is InChI=1S/C9H21NOS/c1-8(10-5)6-7-12(11)9(2,3)4/h8,10H,6-7H2,1-5H3. The fraction of sp³-hybridized carbons (Fsp3) is 1.00. The second-order valence-electron chi connectivity index (χ2n) is 4.14. The van der Waals surface area contributed by atoms with Crippen molar-refractivity contribution in [2.45, 2.75) is 44.9 Å². The summed E-state index contributed by atoms with van der Waals surface area (Å²) in [5, 5.41) is 3.14. The van der Waals surface area contributed by atoms with Crippen LogP contribution in [0.1, 0.15) is 34.1 Å². The normalized spacial score (nSPS) is 17.4. The van der Waals surface area contributed by atoms with E-state index in [1.54, 1.807) is 0 Å². The first-order valence-corrected chi connectivity index (χ1v) is 5.75. The minimum Gasteiger partial charge on any atom is -0.317 e. The molecular formula is C9H21NOS. The summed E-state index contributed by atoms with van der Waals surface area (Å²) < 4.78 is 11.5. The highest BCUT2D eigenvalue weighted by Crippen LogP contribution is 2.12. The molecule has 0 spiro atoms. The average molecular weight is 191 g/mol. The average Bonchev–Trinajstić information content (AvgIpc) is 1.97. The number of hydrogen-bond donors (Lipinski definition) is 1. The molecule has 2 unspecified atom stereocenters. The van der Waals surface area contributed by atoms with Crippen molar-refractivity contribution in [3.63, 3.8) is 0 Å². The lowest BCUT2D eigenvalue weighted by molar-refractivity contribution is 0.585. The molecule has 0 aromatic heterocycles. The van der Waals surface area contributed by atoms with Crippen LogP contribution in [0.15, 0.2) is 0 Å². The molecule has 0 aliphatic rings. The van der Waals surface area contributed by atoms with Gasteiger partial charge in [-0.15, -0.1) is 0 Å².